The minimum absolute atomic E-state index is 0.00792. The summed E-state index contributed by atoms with van der Waals surface area (Å²) < 4.78 is 7.85. The van der Waals surface area contributed by atoms with Crippen LogP contribution >= 0.6 is 11.8 Å². The molecule has 1 N–H and O–H groups in total. The molecular formula is C19H25N3O3S. The molecule has 140 valence electrons. The molecule has 1 saturated carbocycles. The zero-order chi connectivity index (χ0) is 18.5. The van der Waals surface area contributed by atoms with Crippen LogP contribution in [0.5, 0.6) is 5.75 Å². The second-order valence-electron chi connectivity index (χ2n) is 6.84. The van der Waals surface area contributed by atoms with Crippen LogP contribution in [0.1, 0.15) is 52.0 Å². The van der Waals surface area contributed by atoms with Gasteiger partial charge >= 0.3 is 5.97 Å². The molecule has 1 aliphatic carbocycles. The standard InChI is InChI=1S/C19H25N3O3S/c1-13(2)25-16-10-8-14(9-11-16)18-20-21-19(26-12-17(23)24)22(18)15-6-4-3-5-7-15/h8-11,13,15H,3-7,12H2,1-2H3,(H,23,24). The number of nitrogens with zero attached hydrogens (tertiary/aromatic N) is 3. The lowest BCUT2D eigenvalue weighted by atomic mass is 9.95. The van der Waals surface area contributed by atoms with Gasteiger partial charge in [-0.15, -0.1) is 10.2 Å². The molecule has 0 aliphatic heterocycles. The number of hydrogen-bond donors (Lipinski definition) is 1. The van der Waals surface area contributed by atoms with Gasteiger partial charge in [-0.2, -0.15) is 0 Å². The summed E-state index contributed by atoms with van der Waals surface area (Å²) in [6.45, 7) is 4.00. The third-order valence-electron chi connectivity index (χ3n) is 4.41. The van der Waals surface area contributed by atoms with Gasteiger partial charge in [0.15, 0.2) is 11.0 Å². The van der Waals surface area contributed by atoms with Gasteiger partial charge in [0.05, 0.1) is 11.9 Å². The van der Waals surface area contributed by atoms with Crippen molar-refractivity contribution in [2.24, 2.45) is 0 Å². The van der Waals surface area contributed by atoms with E-state index < -0.39 is 5.97 Å². The molecule has 0 radical (unpaired) electrons. The Bertz CT molecular complexity index is 737. The van der Waals surface area contributed by atoms with E-state index in [0.29, 0.717) is 11.2 Å². The highest BCUT2D eigenvalue weighted by Gasteiger charge is 2.24. The molecular weight excluding hydrogens is 350 g/mol. The summed E-state index contributed by atoms with van der Waals surface area (Å²) in [6.07, 6.45) is 5.93. The fourth-order valence-electron chi connectivity index (χ4n) is 3.32. The molecule has 1 fully saturated rings. The molecule has 1 aliphatic rings. The summed E-state index contributed by atoms with van der Waals surface area (Å²) in [5, 5.41) is 18.4. The minimum atomic E-state index is -0.843. The number of aliphatic carboxylic acids is 1. The molecule has 7 heteroatoms. The summed E-state index contributed by atoms with van der Waals surface area (Å²) in [5.41, 5.74) is 0.973. The average molecular weight is 375 g/mol. The molecule has 0 saturated heterocycles. The third kappa shape index (κ3) is 4.58. The van der Waals surface area contributed by atoms with E-state index in [1.165, 1.54) is 31.0 Å². The first-order chi connectivity index (χ1) is 12.5. The lowest BCUT2D eigenvalue weighted by Crippen LogP contribution is -2.15. The van der Waals surface area contributed by atoms with Crippen molar-refractivity contribution < 1.29 is 14.6 Å². The van der Waals surface area contributed by atoms with Crippen LogP contribution in [0.25, 0.3) is 11.4 Å². The van der Waals surface area contributed by atoms with Crippen LogP contribution in [-0.2, 0) is 4.79 Å². The van der Waals surface area contributed by atoms with E-state index in [9.17, 15) is 4.79 Å². The van der Waals surface area contributed by atoms with E-state index in [2.05, 4.69) is 14.8 Å². The van der Waals surface area contributed by atoms with Crippen LogP contribution in [0.4, 0.5) is 0 Å². The van der Waals surface area contributed by atoms with E-state index in [0.717, 1.165) is 30.0 Å². The third-order valence-corrected chi connectivity index (χ3v) is 5.34. The summed E-state index contributed by atoms with van der Waals surface area (Å²) in [5.74, 6) is 0.783. The summed E-state index contributed by atoms with van der Waals surface area (Å²) in [7, 11) is 0. The van der Waals surface area contributed by atoms with Crippen molar-refractivity contribution in [2.75, 3.05) is 5.75 Å². The van der Waals surface area contributed by atoms with Crippen molar-refractivity contribution in [3.05, 3.63) is 24.3 Å². The fourth-order valence-corrected chi connectivity index (χ4v) is 4.05. The maximum Gasteiger partial charge on any atom is 0.313 e. The van der Waals surface area contributed by atoms with E-state index in [1.807, 2.05) is 38.1 Å². The van der Waals surface area contributed by atoms with Gasteiger partial charge in [0.2, 0.25) is 0 Å². The van der Waals surface area contributed by atoms with Gasteiger partial charge in [-0.3, -0.25) is 9.36 Å². The maximum atomic E-state index is 11.0. The highest BCUT2D eigenvalue weighted by atomic mass is 32.2. The first-order valence-corrected chi connectivity index (χ1v) is 10.1. The van der Waals surface area contributed by atoms with E-state index in [1.54, 1.807) is 0 Å². The molecule has 1 aromatic carbocycles. The predicted octanol–water partition coefficient (Wildman–Crippen LogP) is 4.41. The Balaban J connectivity index is 1.91. The molecule has 2 aromatic rings. The first kappa shape index (κ1) is 18.8. The number of carboxylic acids is 1. The molecule has 0 bridgehead atoms. The topological polar surface area (TPSA) is 77.2 Å². The van der Waals surface area contributed by atoms with Crippen LogP contribution in [0.2, 0.25) is 0 Å². The number of thioether (sulfide) groups is 1. The Labute approximate surface area is 158 Å². The molecule has 0 spiro atoms. The molecule has 0 unspecified atom stereocenters. The number of carboxylic acid groups (broad SMARTS) is 1. The van der Waals surface area contributed by atoms with Gasteiger partial charge in [0.1, 0.15) is 5.75 Å². The van der Waals surface area contributed by atoms with Crippen LogP contribution in [0.3, 0.4) is 0 Å². The lowest BCUT2D eigenvalue weighted by Gasteiger charge is -2.25. The number of ether oxygens (including phenoxy) is 1. The largest absolute Gasteiger partial charge is 0.491 e. The maximum absolute atomic E-state index is 11.0. The molecule has 26 heavy (non-hydrogen) atoms. The van der Waals surface area contributed by atoms with Gasteiger partial charge in [-0.1, -0.05) is 31.0 Å². The Morgan fingerprint density at radius 2 is 1.92 bits per heavy atom. The summed E-state index contributed by atoms with van der Waals surface area (Å²) >= 11 is 1.24. The highest BCUT2D eigenvalue weighted by molar-refractivity contribution is 7.99. The van der Waals surface area contributed by atoms with Gasteiger partial charge in [0.25, 0.3) is 0 Å². The number of carbonyl (C=O) groups is 1. The Kier molecular flexibility index (Phi) is 6.19. The first-order valence-electron chi connectivity index (χ1n) is 9.11. The predicted molar refractivity (Wildman–Crippen MR) is 102 cm³/mol. The van der Waals surface area contributed by atoms with Gasteiger partial charge in [-0.05, 0) is 51.0 Å². The van der Waals surface area contributed by atoms with E-state index in [4.69, 9.17) is 9.84 Å². The Hall–Kier alpha value is -2.02. The number of aromatic nitrogens is 3. The zero-order valence-corrected chi connectivity index (χ0v) is 16.0. The minimum Gasteiger partial charge on any atom is -0.491 e. The number of rotatable bonds is 7. The van der Waals surface area contributed by atoms with Crippen LogP contribution in [0, 0.1) is 0 Å². The SMILES string of the molecule is CC(C)Oc1ccc(-c2nnc(SCC(=O)O)n2C2CCCCC2)cc1. The molecule has 1 aromatic heterocycles. The van der Waals surface area contributed by atoms with Crippen molar-refractivity contribution in [1.82, 2.24) is 14.8 Å². The normalized spacial score (nSPS) is 15.3. The monoisotopic (exact) mass is 375 g/mol. The van der Waals surface area contributed by atoms with Crippen LogP contribution < -0.4 is 4.74 Å². The van der Waals surface area contributed by atoms with Crippen molar-refractivity contribution >= 4 is 17.7 Å². The Morgan fingerprint density at radius 1 is 1.23 bits per heavy atom. The molecule has 6 nitrogen and oxygen atoms in total. The molecule has 0 atom stereocenters. The number of benzene rings is 1. The van der Waals surface area contributed by atoms with Crippen molar-refractivity contribution in [1.29, 1.82) is 0 Å². The quantitative estimate of drug-likeness (QED) is 0.722. The second-order valence-corrected chi connectivity index (χ2v) is 7.78. The average Bonchev–Trinajstić information content (AvgIpc) is 3.05. The smallest absolute Gasteiger partial charge is 0.313 e. The van der Waals surface area contributed by atoms with Crippen molar-refractivity contribution in [3.63, 3.8) is 0 Å². The van der Waals surface area contributed by atoms with E-state index in [-0.39, 0.29) is 11.9 Å². The van der Waals surface area contributed by atoms with Gasteiger partial charge in [0, 0.05) is 11.6 Å². The van der Waals surface area contributed by atoms with Gasteiger partial charge < -0.3 is 9.84 Å². The summed E-state index contributed by atoms with van der Waals surface area (Å²) in [4.78, 5) is 11.0. The zero-order valence-electron chi connectivity index (χ0n) is 15.2. The van der Waals surface area contributed by atoms with Gasteiger partial charge in [-0.25, -0.2) is 0 Å². The number of hydrogen-bond acceptors (Lipinski definition) is 5. The van der Waals surface area contributed by atoms with E-state index >= 15 is 0 Å². The van der Waals surface area contributed by atoms with Crippen molar-refractivity contribution in [3.8, 4) is 17.1 Å². The summed E-state index contributed by atoms with van der Waals surface area (Å²) in [6, 6.07) is 8.20. The van der Waals surface area contributed by atoms with Crippen LogP contribution in [-0.4, -0.2) is 37.7 Å². The Morgan fingerprint density at radius 3 is 2.54 bits per heavy atom. The highest BCUT2D eigenvalue weighted by Crippen LogP contribution is 2.35. The molecule has 1 heterocycles. The molecule has 0 amide bonds. The van der Waals surface area contributed by atoms with Crippen molar-refractivity contribution in [2.45, 2.75) is 63.3 Å². The van der Waals surface area contributed by atoms with Crippen LogP contribution in [0.15, 0.2) is 29.4 Å². The molecule has 3 rings (SSSR count). The fraction of sp³-hybridized carbons (Fsp3) is 0.526. The lowest BCUT2D eigenvalue weighted by molar-refractivity contribution is -0.133. The second kappa shape index (κ2) is 8.58.